The molecule has 2 nitrogen and oxygen atoms in total. The van der Waals surface area contributed by atoms with Gasteiger partial charge in [-0.3, -0.25) is 0 Å². The van der Waals surface area contributed by atoms with Crippen LogP contribution in [-0.4, -0.2) is 29.7 Å². The van der Waals surface area contributed by atoms with E-state index in [2.05, 4.69) is 0 Å². The first kappa shape index (κ1) is 13.4. The number of benzene rings is 1. The van der Waals surface area contributed by atoms with E-state index in [0.717, 1.165) is 19.3 Å². The summed E-state index contributed by atoms with van der Waals surface area (Å²) in [5.74, 6) is -0.785. The molecule has 18 heavy (non-hydrogen) atoms. The molecule has 0 heterocycles. The Morgan fingerprint density at radius 1 is 1.28 bits per heavy atom. The van der Waals surface area contributed by atoms with Crippen LogP contribution in [0, 0.1) is 17.6 Å². The van der Waals surface area contributed by atoms with Gasteiger partial charge < -0.3 is 10.0 Å². The molecular weight excluding hydrogens is 236 g/mol. The van der Waals surface area contributed by atoms with E-state index in [1.54, 1.807) is 0 Å². The number of nitrogens with zero attached hydrogens (tertiary/aromatic N) is 1. The van der Waals surface area contributed by atoms with Gasteiger partial charge in [0.2, 0.25) is 0 Å². The third kappa shape index (κ3) is 3.06. The minimum atomic E-state index is -0.506. The van der Waals surface area contributed by atoms with E-state index in [0.29, 0.717) is 6.54 Å². The predicted molar refractivity (Wildman–Crippen MR) is 66.0 cm³/mol. The third-order valence-electron chi connectivity index (χ3n) is 3.65. The predicted octanol–water partition coefficient (Wildman–Crippen LogP) is 2.56. The molecule has 0 spiro atoms. The van der Waals surface area contributed by atoms with Crippen molar-refractivity contribution in [2.24, 2.45) is 5.92 Å². The zero-order valence-electron chi connectivity index (χ0n) is 10.6. The second-order valence-electron chi connectivity index (χ2n) is 5.16. The van der Waals surface area contributed by atoms with Gasteiger partial charge in [-0.1, -0.05) is 12.5 Å². The number of rotatable bonds is 4. The molecular formula is C14H19F2NO. The zero-order valence-corrected chi connectivity index (χ0v) is 10.6. The van der Waals surface area contributed by atoms with E-state index in [1.807, 2.05) is 11.9 Å². The smallest absolute Gasteiger partial charge is 0.130 e. The normalized spacial score (nSPS) is 23.8. The van der Waals surface area contributed by atoms with Crippen LogP contribution >= 0.6 is 0 Å². The van der Waals surface area contributed by atoms with E-state index in [9.17, 15) is 13.9 Å². The summed E-state index contributed by atoms with van der Waals surface area (Å²) >= 11 is 0. The van der Waals surface area contributed by atoms with E-state index in [1.165, 1.54) is 18.2 Å². The quantitative estimate of drug-likeness (QED) is 0.893. The van der Waals surface area contributed by atoms with E-state index in [4.69, 9.17) is 0 Å². The van der Waals surface area contributed by atoms with Crippen molar-refractivity contribution in [1.82, 2.24) is 4.90 Å². The lowest BCUT2D eigenvalue weighted by atomic mass is 10.1. The van der Waals surface area contributed by atoms with Crippen molar-refractivity contribution in [2.75, 3.05) is 13.6 Å². The van der Waals surface area contributed by atoms with E-state index < -0.39 is 11.6 Å². The standard InChI is InChI=1S/C14H19F2NO/c1-17(8-10-4-2-7-14(10)18)9-11-12(15)5-3-6-13(11)16/h3,5-6,10,14,18H,2,4,7-9H2,1H3. The zero-order chi connectivity index (χ0) is 13.1. The fourth-order valence-electron chi connectivity index (χ4n) is 2.65. The van der Waals surface area contributed by atoms with Gasteiger partial charge in [-0.2, -0.15) is 0 Å². The molecule has 0 aromatic heterocycles. The van der Waals surface area contributed by atoms with Crippen LogP contribution in [0.25, 0.3) is 0 Å². The first-order chi connectivity index (χ1) is 8.58. The first-order valence-electron chi connectivity index (χ1n) is 6.37. The highest BCUT2D eigenvalue weighted by atomic mass is 19.1. The minimum absolute atomic E-state index is 0.104. The number of aliphatic hydroxyl groups excluding tert-OH is 1. The lowest BCUT2D eigenvalue weighted by molar-refractivity contribution is 0.107. The lowest BCUT2D eigenvalue weighted by Gasteiger charge is -2.23. The van der Waals surface area contributed by atoms with Crippen LogP contribution in [0.15, 0.2) is 18.2 Å². The van der Waals surface area contributed by atoms with Gasteiger partial charge in [0.25, 0.3) is 0 Å². The third-order valence-corrected chi connectivity index (χ3v) is 3.65. The van der Waals surface area contributed by atoms with Gasteiger partial charge in [0.1, 0.15) is 11.6 Å². The molecule has 1 aromatic rings. The van der Waals surface area contributed by atoms with Gasteiger partial charge in [0.05, 0.1) is 6.10 Å². The SMILES string of the molecule is CN(Cc1c(F)cccc1F)CC1CCCC1O. The molecule has 100 valence electrons. The molecule has 0 radical (unpaired) electrons. The molecule has 4 heteroatoms. The highest BCUT2D eigenvalue weighted by Crippen LogP contribution is 2.26. The Kier molecular flexibility index (Phi) is 4.30. The Labute approximate surface area is 106 Å². The Bertz CT molecular complexity index is 391. The van der Waals surface area contributed by atoms with Crippen LogP contribution in [0.4, 0.5) is 8.78 Å². The summed E-state index contributed by atoms with van der Waals surface area (Å²) in [6.45, 7) is 0.913. The highest BCUT2D eigenvalue weighted by Gasteiger charge is 2.26. The summed E-state index contributed by atoms with van der Waals surface area (Å²) in [5, 5.41) is 9.74. The topological polar surface area (TPSA) is 23.5 Å². The molecule has 1 N–H and O–H groups in total. The van der Waals surface area contributed by atoms with Crippen molar-refractivity contribution in [3.8, 4) is 0 Å². The molecule has 0 aliphatic heterocycles. The number of hydrogen-bond acceptors (Lipinski definition) is 2. The maximum absolute atomic E-state index is 13.5. The Balaban J connectivity index is 1.96. The Morgan fingerprint density at radius 3 is 2.50 bits per heavy atom. The van der Waals surface area contributed by atoms with Crippen LogP contribution in [0.5, 0.6) is 0 Å². The average Bonchev–Trinajstić information content (AvgIpc) is 2.70. The van der Waals surface area contributed by atoms with Crippen molar-refractivity contribution in [2.45, 2.75) is 31.9 Å². The van der Waals surface area contributed by atoms with Gasteiger partial charge >= 0.3 is 0 Å². The molecule has 0 amide bonds. The summed E-state index contributed by atoms with van der Waals surface area (Å²) in [5.41, 5.74) is 0.104. The maximum Gasteiger partial charge on any atom is 0.130 e. The number of aliphatic hydroxyl groups is 1. The molecule has 0 bridgehead atoms. The second kappa shape index (κ2) is 5.76. The van der Waals surface area contributed by atoms with Gasteiger partial charge in [-0.05, 0) is 37.9 Å². The summed E-state index contributed by atoms with van der Waals surface area (Å²) in [6.07, 6.45) is 2.60. The van der Waals surface area contributed by atoms with Crippen LogP contribution in [-0.2, 0) is 6.54 Å². The summed E-state index contributed by atoms with van der Waals surface area (Å²) in [4.78, 5) is 1.88. The van der Waals surface area contributed by atoms with Crippen molar-refractivity contribution in [3.63, 3.8) is 0 Å². The molecule has 1 fully saturated rings. The van der Waals surface area contributed by atoms with E-state index in [-0.39, 0.29) is 24.1 Å². The van der Waals surface area contributed by atoms with E-state index >= 15 is 0 Å². The fourth-order valence-corrected chi connectivity index (χ4v) is 2.65. The van der Waals surface area contributed by atoms with Crippen molar-refractivity contribution < 1.29 is 13.9 Å². The molecule has 2 rings (SSSR count). The summed E-state index contributed by atoms with van der Waals surface area (Å²) in [7, 11) is 1.83. The summed E-state index contributed by atoms with van der Waals surface area (Å²) < 4.78 is 27.0. The van der Waals surface area contributed by atoms with Crippen molar-refractivity contribution in [1.29, 1.82) is 0 Å². The Morgan fingerprint density at radius 2 is 1.94 bits per heavy atom. The lowest BCUT2D eigenvalue weighted by Crippen LogP contribution is -2.30. The van der Waals surface area contributed by atoms with Crippen LogP contribution < -0.4 is 0 Å². The first-order valence-corrected chi connectivity index (χ1v) is 6.37. The minimum Gasteiger partial charge on any atom is -0.393 e. The van der Waals surface area contributed by atoms with Crippen LogP contribution in [0.3, 0.4) is 0 Å². The molecule has 1 saturated carbocycles. The Hall–Kier alpha value is -1.00. The van der Waals surface area contributed by atoms with Gasteiger partial charge in [-0.15, -0.1) is 0 Å². The summed E-state index contributed by atoms with van der Waals surface area (Å²) in [6, 6.07) is 3.92. The maximum atomic E-state index is 13.5. The average molecular weight is 255 g/mol. The monoisotopic (exact) mass is 255 g/mol. The molecule has 1 aliphatic carbocycles. The second-order valence-corrected chi connectivity index (χ2v) is 5.16. The molecule has 0 saturated heterocycles. The fraction of sp³-hybridized carbons (Fsp3) is 0.571. The molecule has 2 unspecified atom stereocenters. The molecule has 1 aromatic carbocycles. The molecule has 2 atom stereocenters. The number of halogens is 2. The largest absolute Gasteiger partial charge is 0.393 e. The van der Waals surface area contributed by atoms with Crippen molar-refractivity contribution in [3.05, 3.63) is 35.4 Å². The highest BCUT2D eigenvalue weighted by molar-refractivity contribution is 5.19. The van der Waals surface area contributed by atoms with Gasteiger partial charge in [0.15, 0.2) is 0 Å². The van der Waals surface area contributed by atoms with Gasteiger partial charge in [0, 0.05) is 18.7 Å². The van der Waals surface area contributed by atoms with Gasteiger partial charge in [-0.25, -0.2) is 8.78 Å². The van der Waals surface area contributed by atoms with Crippen molar-refractivity contribution >= 4 is 0 Å². The number of hydrogen-bond donors (Lipinski definition) is 1. The van der Waals surface area contributed by atoms with Crippen LogP contribution in [0.1, 0.15) is 24.8 Å². The molecule has 1 aliphatic rings. The van der Waals surface area contributed by atoms with Crippen LogP contribution in [0.2, 0.25) is 0 Å².